The number of carbonyl (C=O) groups is 2. The quantitative estimate of drug-likeness (QED) is 0.597. The molecule has 0 aliphatic carbocycles. The molecular weight excluding hydrogens is 440 g/mol. The number of anilines is 1. The second-order valence-corrected chi connectivity index (χ2v) is 9.05. The van der Waals surface area contributed by atoms with E-state index in [9.17, 15) is 14.9 Å². The summed E-state index contributed by atoms with van der Waals surface area (Å²) < 4.78 is 7.20. The number of aromatic nitrogens is 3. The number of aryl methyl sites for hydroxylation is 1. The smallest absolute Gasteiger partial charge is 0.410 e. The number of amides is 2. The summed E-state index contributed by atoms with van der Waals surface area (Å²) in [5.41, 5.74) is 2.36. The molecule has 0 saturated heterocycles. The van der Waals surface area contributed by atoms with Crippen molar-refractivity contribution < 1.29 is 14.3 Å². The number of nitrogens with zero attached hydrogens (tertiary/aromatic N) is 5. The lowest BCUT2D eigenvalue weighted by molar-refractivity contribution is -0.116. The molecule has 0 saturated carbocycles. The lowest BCUT2D eigenvalue weighted by Gasteiger charge is -2.26. The molecule has 4 heterocycles. The van der Waals surface area contributed by atoms with Crippen LogP contribution in [0.2, 0.25) is 0 Å². The molecule has 0 spiro atoms. The van der Waals surface area contributed by atoms with Crippen molar-refractivity contribution in [1.29, 1.82) is 5.26 Å². The van der Waals surface area contributed by atoms with E-state index in [1.54, 1.807) is 34.3 Å². The molecule has 1 aliphatic rings. The first-order valence-electron chi connectivity index (χ1n) is 10.6. The van der Waals surface area contributed by atoms with Gasteiger partial charge in [0.25, 0.3) is 0 Å². The Balaban J connectivity index is 1.40. The van der Waals surface area contributed by atoms with Crippen molar-refractivity contribution in [3.8, 4) is 6.07 Å². The highest BCUT2D eigenvalue weighted by atomic mass is 32.1. The highest BCUT2D eigenvalue weighted by Gasteiger charge is 2.28. The van der Waals surface area contributed by atoms with Gasteiger partial charge in [0.05, 0.1) is 12.1 Å². The summed E-state index contributed by atoms with van der Waals surface area (Å²) >= 11 is 1.34. The van der Waals surface area contributed by atoms with Gasteiger partial charge in [-0.1, -0.05) is 13.0 Å². The van der Waals surface area contributed by atoms with Crippen LogP contribution in [0.15, 0.2) is 36.9 Å². The Bertz CT molecular complexity index is 1200. The van der Waals surface area contributed by atoms with Crippen LogP contribution in [-0.2, 0) is 36.2 Å². The standard InChI is InChI=1S/C23H24N6O3S/c1-15(16-4-3-6-25-12-16)10-21(30)27-22-18(11-24)17-5-8-29(13-19(17)33-22)23(31)32-14-20-26-7-9-28(20)2/h3-4,6-7,9,12,15H,5,8,10,13-14H2,1-2H3,(H,27,30)/t15-/m0/s1. The van der Waals surface area contributed by atoms with Crippen LogP contribution in [0.3, 0.4) is 0 Å². The first-order chi connectivity index (χ1) is 16.0. The van der Waals surface area contributed by atoms with Gasteiger partial charge >= 0.3 is 6.09 Å². The number of thiophene rings is 1. The molecule has 170 valence electrons. The third kappa shape index (κ3) is 5.04. The van der Waals surface area contributed by atoms with Crippen LogP contribution < -0.4 is 5.32 Å². The first-order valence-corrected chi connectivity index (χ1v) is 11.4. The van der Waals surface area contributed by atoms with Crippen LogP contribution in [-0.4, -0.2) is 38.0 Å². The molecule has 0 bridgehead atoms. The maximum absolute atomic E-state index is 12.6. The van der Waals surface area contributed by atoms with Gasteiger partial charge in [-0.25, -0.2) is 9.78 Å². The fraction of sp³-hybridized carbons (Fsp3) is 0.348. The number of ether oxygens (including phenoxy) is 1. The summed E-state index contributed by atoms with van der Waals surface area (Å²) in [4.78, 5) is 35.9. The third-order valence-electron chi connectivity index (χ3n) is 5.67. The van der Waals surface area contributed by atoms with E-state index < -0.39 is 6.09 Å². The second kappa shape index (κ2) is 9.83. The summed E-state index contributed by atoms with van der Waals surface area (Å²) in [6.45, 7) is 2.85. The summed E-state index contributed by atoms with van der Waals surface area (Å²) in [6, 6.07) is 6.01. The van der Waals surface area contributed by atoms with Crippen LogP contribution >= 0.6 is 11.3 Å². The Morgan fingerprint density at radius 1 is 1.39 bits per heavy atom. The average Bonchev–Trinajstić information content (AvgIpc) is 3.39. The Morgan fingerprint density at radius 3 is 2.94 bits per heavy atom. The summed E-state index contributed by atoms with van der Waals surface area (Å²) in [6.07, 6.45) is 7.29. The lowest BCUT2D eigenvalue weighted by atomic mass is 9.99. The number of nitrogens with one attached hydrogen (secondary N) is 1. The predicted octanol–water partition coefficient (Wildman–Crippen LogP) is 3.58. The Morgan fingerprint density at radius 2 is 2.24 bits per heavy atom. The number of fused-ring (bicyclic) bond motifs is 1. The van der Waals surface area contributed by atoms with E-state index in [0.717, 1.165) is 16.0 Å². The fourth-order valence-corrected chi connectivity index (χ4v) is 4.99. The minimum Gasteiger partial charge on any atom is -0.441 e. The van der Waals surface area contributed by atoms with Gasteiger partial charge in [-0.05, 0) is 29.5 Å². The van der Waals surface area contributed by atoms with Crippen molar-refractivity contribution in [3.63, 3.8) is 0 Å². The van der Waals surface area contributed by atoms with Gasteiger partial charge in [-0.2, -0.15) is 5.26 Å². The van der Waals surface area contributed by atoms with E-state index in [-0.39, 0.29) is 24.9 Å². The molecule has 10 heteroatoms. The lowest BCUT2D eigenvalue weighted by Crippen LogP contribution is -2.36. The van der Waals surface area contributed by atoms with Crippen molar-refractivity contribution in [3.05, 3.63) is 64.3 Å². The van der Waals surface area contributed by atoms with E-state index in [1.165, 1.54) is 11.3 Å². The molecule has 33 heavy (non-hydrogen) atoms. The molecule has 9 nitrogen and oxygen atoms in total. The number of rotatable bonds is 6. The normalized spacial score (nSPS) is 13.7. The van der Waals surface area contributed by atoms with Crippen molar-refractivity contribution >= 4 is 28.3 Å². The zero-order valence-corrected chi connectivity index (χ0v) is 19.3. The van der Waals surface area contributed by atoms with E-state index >= 15 is 0 Å². The van der Waals surface area contributed by atoms with Crippen LogP contribution in [0.1, 0.15) is 46.7 Å². The molecule has 0 fully saturated rings. The number of imidazole rings is 1. The fourth-order valence-electron chi connectivity index (χ4n) is 3.76. The molecule has 2 amide bonds. The van der Waals surface area contributed by atoms with Gasteiger partial charge in [-0.15, -0.1) is 11.3 Å². The Kier molecular flexibility index (Phi) is 6.70. The van der Waals surface area contributed by atoms with E-state index in [2.05, 4.69) is 21.4 Å². The maximum atomic E-state index is 12.6. The van der Waals surface area contributed by atoms with Crippen LogP contribution in [0, 0.1) is 11.3 Å². The van der Waals surface area contributed by atoms with Crippen LogP contribution in [0.25, 0.3) is 0 Å². The van der Waals surface area contributed by atoms with Crippen LogP contribution in [0.5, 0.6) is 0 Å². The zero-order chi connectivity index (χ0) is 23.4. The van der Waals surface area contributed by atoms with Gasteiger partial charge in [0, 0.05) is 49.7 Å². The van der Waals surface area contributed by atoms with E-state index in [4.69, 9.17) is 4.74 Å². The van der Waals surface area contributed by atoms with Crippen molar-refractivity contribution in [2.75, 3.05) is 11.9 Å². The van der Waals surface area contributed by atoms with Crippen LogP contribution in [0.4, 0.5) is 9.80 Å². The zero-order valence-electron chi connectivity index (χ0n) is 18.4. The maximum Gasteiger partial charge on any atom is 0.410 e. The molecule has 3 aromatic heterocycles. The van der Waals surface area contributed by atoms with Crippen molar-refractivity contribution in [2.24, 2.45) is 7.05 Å². The van der Waals surface area contributed by atoms with Gasteiger partial charge in [0.1, 0.15) is 16.9 Å². The Labute approximate surface area is 195 Å². The first kappa shape index (κ1) is 22.5. The number of hydrogen-bond acceptors (Lipinski definition) is 7. The Hall–Kier alpha value is -3.71. The second-order valence-electron chi connectivity index (χ2n) is 7.94. The highest BCUT2D eigenvalue weighted by Crippen LogP contribution is 2.37. The SMILES string of the molecule is C[C@@H](CC(=O)Nc1sc2c(c1C#N)CCN(C(=O)OCc1nccn1C)C2)c1cccnc1. The van der Waals surface area contributed by atoms with Gasteiger partial charge in [0.2, 0.25) is 5.91 Å². The van der Waals surface area contributed by atoms with Gasteiger partial charge < -0.3 is 19.5 Å². The summed E-state index contributed by atoms with van der Waals surface area (Å²) in [5.74, 6) is 0.505. The molecular formula is C23H24N6O3S. The number of pyridine rings is 1. The molecule has 1 aliphatic heterocycles. The predicted molar refractivity (Wildman–Crippen MR) is 122 cm³/mol. The number of hydrogen-bond donors (Lipinski definition) is 1. The molecule has 0 radical (unpaired) electrons. The van der Waals surface area contributed by atoms with E-state index in [0.29, 0.717) is 35.9 Å². The topological polar surface area (TPSA) is 113 Å². The largest absolute Gasteiger partial charge is 0.441 e. The number of nitriles is 1. The summed E-state index contributed by atoms with van der Waals surface area (Å²) in [7, 11) is 1.84. The molecule has 0 unspecified atom stereocenters. The van der Waals surface area contributed by atoms with E-state index in [1.807, 2.05) is 26.1 Å². The monoisotopic (exact) mass is 464 g/mol. The molecule has 4 rings (SSSR count). The minimum atomic E-state index is -0.425. The van der Waals surface area contributed by atoms with Crippen molar-refractivity contribution in [1.82, 2.24) is 19.4 Å². The minimum absolute atomic E-state index is 0.00259. The molecule has 0 aromatic carbocycles. The highest BCUT2D eigenvalue weighted by molar-refractivity contribution is 7.16. The van der Waals surface area contributed by atoms with Gasteiger partial charge in [-0.3, -0.25) is 9.78 Å². The third-order valence-corrected chi connectivity index (χ3v) is 6.80. The van der Waals surface area contributed by atoms with Crippen molar-refractivity contribution in [2.45, 2.75) is 38.8 Å². The molecule has 1 atom stereocenters. The summed E-state index contributed by atoms with van der Waals surface area (Å²) in [5, 5.41) is 13.2. The molecule has 3 aromatic rings. The number of carbonyl (C=O) groups excluding carboxylic acids is 2. The van der Waals surface area contributed by atoms with Gasteiger partial charge in [0.15, 0.2) is 6.61 Å². The molecule has 1 N–H and O–H groups in total. The average molecular weight is 465 g/mol.